The van der Waals surface area contributed by atoms with Crippen LogP contribution in [0.3, 0.4) is 0 Å². The molecule has 0 aliphatic carbocycles. The van der Waals surface area contributed by atoms with E-state index in [9.17, 15) is 4.79 Å². The van der Waals surface area contributed by atoms with E-state index in [1.54, 1.807) is 11.3 Å². The number of nitrogens with one attached hydrogen (secondary N) is 1. The van der Waals surface area contributed by atoms with Gasteiger partial charge >= 0.3 is 6.09 Å². The number of alkyl carbamates (subject to hydrolysis) is 1. The maximum Gasteiger partial charge on any atom is 0.406 e. The first-order chi connectivity index (χ1) is 13.9. The van der Waals surface area contributed by atoms with Crippen molar-refractivity contribution < 1.29 is 14.1 Å². The van der Waals surface area contributed by atoms with Crippen molar-refractivity contribution in [3.63, 3.8) is 0 Å². The maximum absolute atomic E-state index is 11.7. The van der Waals surface area contributed by atoms with E-state index in [0.717, 1.165) is 33.0 Å². The average Bonchev–Trinajstić information content (AvgIpc) is 3.18. The minimum absolute atomic E-state index is 0.234. The first-order valence-electron chi connectivity index (χ1n) is 9.13. The van der Waals surface area contributed by atoms with Crippen LogP contribution in [0.5, 0.6) is 0 Å². The number of amides is 1. The van der Waals surface area contributed by atoms with E-state index in [1.807, 2.05) is 31.2 Å². The molecular weight excluding hydrogens is 410 g/mol. The zero-order chi connectivity index (χ0) is 20.7. The number of aryl methyl sites for hydroxylation is 2. The molecule has 0 saturated heterocycles. The van der Waals surface area contributed by atoms with Gasteiger partial charge in [-0.05, 0) is 38.5 Å². The number of carbonyl (C=O) groups is 1. The Balaban J connectivity index is 1.94. The lowest BCUT2D eigenvalue weighted by Crippen LogP contribution is -2.28. The van der Waals surface area contributed by atoms with Gasteiger partial charge in [0.1, 0.15) is 6.04 Å². The van der Waals surface area contributed by atoms with Crippen LogP contribution in [0.1, 0.15) is 39.1 Å². The number of hydrogen-bond donors (Lipinski definition) is 1. The van der Waals surface area contributed by atoms with Gasteiger partial charge in [-0.2, -0.15) is 0 Å². The number of thiophene rings is 1. The third-order valence-corrected chi connectivity index (χ3v) is 6.55. The second kappa shape index (κ2) is 7.65. The number of hydrogen-bond acceptors (Lipinski definition) is 6. The topological polar surface area (TPSA) is 76.7 Å². The molecule has 1 aliphatic heterocycles. The molecule has 8 heteroatoms. The number of halogens is 1. The first kappa shape index (κ1) is 19.7. The molecule has 0 unspecified atom stereocenters. The quantitative estimate of drug-likeness (QED) is 0.618. The summed E-state index contributed by atoms with van der Waals surface area (Å²) in [5.74, 6) is 0.644. The summed E-state index contributed by atoms with van der Waals surface area (Å²) in [6, 6.07) is 7.19. The Labute approximate surface area is 177 Å². The number of aliphatic imine (C=N–C) groups is 1. The van der Waals surface area contributed by atoms with Crippen LogP contribution in [0.4, 0.5) is 4.79 Å². The predicted octanol–water partition coefficient (Wildman–Crippen LogP) is 5.23. The van der Waals surface area contributed by atoms with E-state index >= 15 is 0 Å². The molecule has 0 saturated carbocycles. The standard InChI is InChI=1S/C21H20ClN3O3S/c1-10-12(3)29-20-16(10)18(13-5-7-14(22)8-6-13)24-15(9-23-21(26)27-4)19-17(20)11(2)25-28-19/h5-8,15H,9H2,1-4H3,(H,23,26)/t15-/m0/s1. The zero-order valence-electron chi connectivity index (χ0n) is 16.5. The van der Waals surface area contributed by atoms with Gasteiger partial charge in [-0.15, -0.1) is 11.3 Å². The Kier molecular flexibility index (Phi) is 5.19. The fraction of sp³-hybridized carbons (Fsp3) is 0.286. The molecule has 0 radical (unpaired) electrons. The molecule has 4 rings (SSSR count). The number of aromatic nitrogens is 1. The van der Waals surface area contributed by atoms with Crippen molar-refractivity contribution in [1.82, 2.24) is 10.5 Å². The molecule has 3 heterocycles. The van der Waals surface area contributed by atoms with E-state index in [-0.39, 0.29) is 6.54 Å². The molecule has 6 nitrogen and oxygen atoms in total. The van der Waals surface area contributed by atoms with E-state index in [2.05, 4.69) is 24.3 Å². The van der Waals surface area contributed by atoms with Crippen LogP contribution >= 0.6 is 22.9 Å². The van der Waals surface area contributed by atoms with E-state index in [0.29, 0.717) is 10.8 Å². The highest BCUT2D eigenvalue weighted by Gasteiger charge is 2.33. The summed E-state index contributed by atoms with van der Waals surface area (Å²) in [5, 5.41) is 7.58. The number of benzene rings is 1. The Morgan fingerprint density at radius 3 is 2.66 bits per heavy atom. The predicted molar refractivity (Wildman–Crippen MR) is 114 cm³/mol. The summed E-state index contributed by atoms with van der Waals surface area (Å²) >= 11 is 7.81. The van der Waals surface area contributed by atoms with Crippen LogP contribution in [0, 0.1) is 20.8 Å². The minimum atomic E-state index is -0.517. The van der Waals surface area contributed by atoms with Gasteiger partial charge in [0.05, 0.1) is 30.6 Å². The number of fused-ring (bicyclic) bond motifs is 3. The monoisotopic (exact) mass is 429 g/mol. The van der Waals surface area contributed by atoms with Crippen molar-refractivity contribution in [3.05, 3.63) is 62.3 Å². The molecule has 0 spiro atoms. The van der Waals surface area contributed by atoms with Gasteiger partial charge in [0, 0.05) is 25.9 Å². The maximum atomic E-state index is 11.7. The molecule has 0 bridgehead atoms. The molecule has 3 aromatic rings. The summed E-state index contributed by atoms with van der Waals surface area (Å²) in [4.78, 5) is 19.0. The van der Waals surface area contributed by atoms with Crippen molar-refractivity contribution in [1.29, 1.82) is 0 Å². The Morgan fingerprint density at radius 2 is 1.97 bits per heavy atom. The third-order valence-electron chi connectivity index (χ3n) is 5.07. The van der Waals surface area contributed by atoms with Crippen molar-refractivity contribution in [2.45, 2.75) is 26.8 Å². The molecular formula is C21H20ClN3O3S. The van der Waals surface area contributed by atoms with E-state index in [4.69, 9.17) is 25.9 Å². The molecule has 29 heavy (non-hydrogen) atoms. The van der Waals surface area contributed by atoms with Gasteiger partial charge in [-0.25, -0.2) is 4.79 Å². The van der Waals surface area contributed by atoms with Crippen LogP contribution < -0.4 is 5.32 Å². The fourth-order valence-electron chi connectivity index (χ4n) is 3.48. The number of ether oxygens (including phenoxy) is 1. The molecule has 1 amide bonds. The smallest absolute Gasteiger partial charge is 0.406 e. The zero-order valence-corrected chi connectivity index (χ0v) is 18.1. The van der Waals surface area contributed by atoms with Crippen LogP contribution in [-0.2, 0) is 4.74 Å². The Bertz CT molecular complexity index is 1120. The minimum Gasteiger partial charge on any atom is -0.453 e. The normalized spacial score (nSPS) is 15.2. The summed E-state index contributed by atoms with van der Waals surface area (Å²) < 4.78 is 10.4. The van der Waals surface area contributed by atoms with Crippen molar-refractivity contribution in [2.75, 3.05) is 13.7 Å². The number of carbonyl (C=O) groups excluding carboxylic acids is 1. The van der Waals surface area contributed by atoms with Gasteiger partial charge in [0.25, 0.3) is 0 Å². The highest BCUT2D eigenvalue weighted by atomic mass is 35.5. The first-order valence-corrected chi connectivity index (χ1v) is 10.3. The molecule has 1 atom stereocenters. The van der Waals surface area contributed by atoms with Crippen LogP contribution in [0.2, 0.25) is 5.02 Å². The molecule has 0 fully saturated rings. The fourth-order valence-corrected chi connectivity index (χ4v) is 4.86. The van der Waals surface area contributed by atoms with Crippen molar-refractivity contribution >= 4 is 34.7 Å². The molecule has 2 aromatic heterocycles. The van der Waals surface area contributed by atoms with Gasteiger partial charge in [0.2, 0.25) is 0 Å². The Hall–Kier alpha value is -2.64. The third kappa shape index (κ3) is 3.45. The van der Waals surface area contributed by atoms with Crippen LogP contribution in [0.25, 0.3) is 10.4 Å². The lowest BCUT2D eigenvalue weighted by Gasteiger charge is -2.13. The molecule has 1 aliphatic rings. The summed E-state index contributed by atoms with van der Waals surface area (Å²) in [6.07, 6.45) is -0.517. The molecule has 150 valence electrons. The Morgan fingerprint density at radius 1 is 1.24 bits per heavy atom. The van der Waals surface area contributed by atoms with Gasteiger partial charge < -0.3 is 14.6 Å². The summed E-state index contributed by atoms with van der Waals surface area (Å²) in [7, 11) is 1.33. The number of nitrogens with zero attached hydrogens (tertiary/aromatic N) is 2. The van der Waals surface area contributed by atoms with Gasteiger partial charge in [0.15, 0.2) is 5.76 Å². The molecule has 1 N–H and O–H groups in total. The summed E-state index contributed by atoms with van der Waals surface area (Å²) in [6.45, 7) is 6.37. The van der Waals surface area contributed by atoms with Gasteiger partial charge in [-0.1, -0.05) is 28.9 Å². The molecule has 1 aromatic carbocycles. The van der Waals surface area contributed by atoms with Crippen LogP contribution in [0.15, 0.2) is 33.8 Å². The van der Waals surface area contributed by atoms with Crippen molar-refractivity contribution in [2.24, 2.45) is 4.99 Å². The number of rotatable bonds is 3. The SMILES string of the molecule is COC(=O)NC[C@@H]1N=C(c2ccc(Cl)cc2)c2c(sc(C)c2C)-c2c(C)noc21. The number of methoxy groups -OCH3 is 1. The van der Waals surface area contributed by atoms with Gasteiger partial charge in [-0.3, -0.25) is 4.99 Å². The second-order valence-electron chi connectivity index (χ2n) is 6.87. The second-order valence-corrected chi connectivity index (χ2v) is 8.53. The van der Waals surface area contributed by atoms with Crippen molar-refractivity contribution in [3.8, 4) is 10.4 Å². The van der Waals surface area contributed by atoms with E-state index < -0.39 is 12.1 Å². The highest BCUT2D eigenvalue weighted by Crippen LogP contribution is 2.45. The average molecular weight is 430 g/mol. The lowest BCUT2D eigenvalue weighted by atomic mass is 9.96. The lowest BCUT2D eigenvalue weighted by molar-refractivity contribution is 0.170. The summed E-state index contributed by atoms with van der Waals surface area (Å²) in [5.41, 5.74) is 5.80. The van der Waals surface area contributed by atoms with E-state index in [1.165, 1.54) is 17.6 Å². The highest BCUT2D eigenvalue weighted by molar-refractivity contribution is 7.16. The van der Waals surface area contributed by atoms with Crippen LogP contribution in [-0.4, -0.2) is 30.6 Å². The largest absolute Gasteiger partial charge is 0.453 e.